The maximum absolute atomic E-state index is 10.4. The molecule has 58 valence electrons. The number of anilines is 1. The van der Waals surface area contributed by atoms with E-state index in [2.05, 4.69) is 0 Å². The van der Waals surface area contributed by atoms with Crippen LogP contribution < -0.4 is 10.8 Å². The fraction of sp³-hybridized carbons (Fsp3) is 0. The van der Waals surface area contributed by atoms with Crippen molar-refractivity contribution in [3.63, 3.8) is 0 Å². The largest absolute Gasteiger partial charge is 0.545 e. The zero-order chi connectivity index (χ0) is 8.43. The summed E-state index contributed by atoms with van der Waals surface area (Å²) in [5.41, 5.74) is 5.78. The van der Waals surface area contributed by atoms with Crippen LogP contribution in [-0.2, 0) is 0 Å². The van der Waals surface area contributed by atoms with Crippen LogP contribution in [0.25, 0.3) is 0 Å². The molecule has 0 saturated carbocycles. The van der Waals surface area contributed by atoms with E-state index >= 15 is 0 Å². The number of hydrogen-bond acceptors (Lipinski definition) is 3. The van der Waals surface area contributed by atoms with E-state index in [-0.39, 0.29) is 11.3 Å². The van der Waals surface area contributed by atoms with Gasteiger partial charge in [0.2, 0.25) is 0 Å². The highest BCUT2D eigenvalue weighted by Gasteiger charge is 2.01. The van der Waals surface area contributed by atoms with Gasteiger partial charge in [0.05, 0.1) is 11.7 Å². The van der Waals surface area contributed by atoms with E-state index in [1.165, 1.54) is 6.07 Å². The van der Waals surface area contributed by atoms with Crippen LogP contribution in [0.3, 0.4) is 0 Å². The number of carboxylic acids is 1. The van der Waals surface area contributed by atoms with Gasteiger partial charge >= 0.3 is 0 Å². The lowest BCUT2D eigenvalue weighted by Gasteiger charge is -2.06. The Labute approximate surface area is 77.4 Å². The molecule has 0 bridgehead atoms. The van der Waals surface area contributed by atoms with E-state index in [1.54, 1.807) is 12.1 Å². The fourth-order valence-corrected chi connectivity index (χ4v) is 1.21. The van der Waals surface area contributed by atoms with Crippen LogP contribution in [-0.4, -0.2) is 5.97 Å². The molecule has 1 rings (SSSR count). The van der Waals surface area contributed by atoms with Crippen molar-refractivity contribution >= 4 is 34.2 Å². The summed E-state index contributed by atoms with van der Waals surface area (Å²) in [4.78, 5) is 10.4. The monoisotopic (exact) mass is 262 g/mol. The molecule has 0 unspecified atom stereocenters. The Balaban J connectivity index is 3.27. The summed E-state index contributed by atoms with van der Waals surface area (Å²) in [6.07, 6.45) is 0. The SMILES string of the molecule is Nc1c(I)cccc1C(=O)[O-]. The molecule has 0 heterocycles. The molecule has 0 atom stereocenters. The van der Waals surface area contributed by atoms with Crippen molar-refractivity contribution in [1.29, 1.82) is 0 Å². The van der Waals surface area contributed by atoms with Crippen molar-refractivity contribution in [2.75, 3.05) is 5.73 Å². The second kappa shape index (κ2) is 3.08. The van der Waals surface area contributed by atoms with Gasteiger partial charge in [-0.05, 0) is 28.7 Å². The van der Waals surface area contributed by atoms with E-state index in [0.29, 0.717) is 0 Å². The van der Waals surface area contributed by atoms with Crippen LogP contribution in [0, 0.1) is 3.57 Å². The Hall–Kier alpha value is -0.780. The van der Waals surface area contributed by atoms with Gasteiger partial charge in [-0.2, -0.15) is 0 Å². The van der Waals surface area contributed by atoms with Crippen LogP contribution in [0.4, 0.5) is 5.69 Å². The molecule has 1 aromatic rings. The second-order valence-corrected chi connectivity index (χ2v) is 3.15. The number of carbonyl (C=O) groups excluding carboxylic acids is 1. The number of carbonyl (C=O) groups is 1. The summed E-state index contributed by atoms with van der Waals surface area (Å²) >= 11 is 1.97. The Morgan fingerprint density at radius 2 is 2.18 bits per heavy atom. The maximum atomic E-state index is 10.4. The molecular weight excluding hydrogens is 257 g/mol. The van der Waals surface area contributed by atoms with Crippen LogP contribution in [0.5, 0.6) is 0 Å². The molecule has 0 aliphatic rings. The summed E-state index contributed by atoms with van der Waals surface area (Å²) < 4.78 is 0.726. The quantitative estimate of drug-likeness (QED) is 0.582. The Morgan fingerprint density at radius 1 is 1.55 bits per heavy atom. The van der Waals surface area contributed by atoms with E-state index in [4.69, 9.17) is 5.73 Å². The molecule has 0 amide bonds. The molecule has 0 aromatic heterocycles. The van der Waals surface area contributed by atoms with E-state index < -0.39 is 5.97 Å². The lowest BCUT2D eigenvalue weighted by molar-refractivity contribution is -0.254. The summed E-state index contributed by atoms with van der Waals surface area (Å²) in [5, 5.41) is 10.4. The predicted octanol–water partition coefficient (Wildman–Crippen LogP) is 0.237. The third kappa shape index (κ3) is 1.62. The van der Waals surface area contributed by atoms with Crippen molar-refractivity contribution in [3.05, 3.63) is 27.3 Å². The molecule has 0 aliphatic heterocycles. The van der Waals surface area contributed by atoms with Gasteiger partial charge in [0.15, 0.2) is 0 Å². The molecule has 0 saturated heterocycles. The zero-order valence-corrected chi connectivity index (χ0v) is 7.66. The first-order valence-electron chi connectivity index (χ1n) is 2.88. The molecule has 0 aliphatic carbocycles. The smallest absolute Gasteiger partial charge is 0.0736 e. The minimum atomic E-state index is -1.24. The first-order chi connectivity index (χ1) is 5.13. The molecule has 0 radical (unpaired) electrons. The standard InChI is InChI=1S/C7H6INO2/c8-5-3-1-2-4(6(5)9)7(10)11/h1-3H,9H2,(H,10,11)/p-1. The van der Waals surface area contributed by atoms with Crippen molar-refractivity contribution in [1.82, 2.24) is 0 Å². The number of nitrogen functional groups attached to an aromatic ring is 1. The van der Waals surface area contributed by atoms with E-state index in [0.717, 1.165) is 3.57 Å². The highest BCUT2D eigenvalue weighted by molar-refractivity contribution is 14.1. The summed E-state index contributed by atoms with van der Waals surface area (Å²) in [6, 6.07) is 4.79. The average Bonchev–Trinajstić information content (AvgIpc) is 1.94. The van der Waals surface area contributed by atoms with Gasteiger partial charge in [0.25, 0.3) is 0 Å². The van der Waals surface area contributed by atoms with Gasteiger partial charge in [-0.3, -0.25) is 0 Å². The Bertz CT molecular complexity index is 298. The minimum absolute atomic E-state index is 0.0527. The highest BCUT2D eigenvalue weighted by atomic mass is 127. The number of aromatic carboxylic acids is 1. The number of para-hydroxylation sites is 1. The number of halogens is 1. The topological polar surface area (TPSA) is 66.2 Å². The van der Waals surface area contributed by atoms with Gasteiger partial charge in [0.1, 0.15) is 0 Å². The molecule has 1 aromatic carbocycles. The van der Waals surface area contributed by atoms with Crippen LogP contribution >= 0.6 is 22.6 Å². The number of hydrogen-bond donors (Lipinski definition) is 1. The predicted molar refractivity (Wildman–Crippen MR) is 47.9 cm³/mol. The van der Waals surface area contributed by atoms with Crippen molar-refractivity contribution in [2.45, 2.75) is 0 Å². The zero-order valence-electron chi connectivity index (χ0n) is 5.50. The average molecular weight is 262 g/mol. The van der Waals surface area contributed by atoms with Gasteiger partial charge in [-0.25, -0.2) is 0 Å². The fourth-order valence-electron chi connectivity index (χ4n) is 0.715. The third-order valence-corrected chi connectivity index (χ3v) is 2.21. The van der Waals surface area contributed by atoms with Crippen LogP contribution in [0.15, 0.2) is 18.2 Å². The Morgan fingerprint density at radius 3 is 2.64 bits per heavy atom. The van der Waals surface area contributed by atoms with E-state index in [1.807, 2.05) is 22.6 Å². The number of benzene rings is 1. The third-order valence-electron chi connectivity index (χ3n) is 1.27. The minimum Gasteiger partial charge on any atom is -0.545 e. The second-order valence-electron chi connectivity index (χ2n) is 1.99. The van der Waals surface area contributed by atoms with Crippen molar-refractivity contribution < 1.29 is 9.90 Å². The molecular formula is C7H5INO2-. The molecule has 2 N–H and O–H groups in total. The van der Waals surface area contributed by atoms with Gasteiger partial charge in [-0.1, -0.05) is 12.1 Å². The van der Waals surface area contributed by atoms with Gasteiger partial charge in [-0.15, -0.1) is 0 Å². The van der Waals surface area contributed by atoms with Gasteiger partial charge < -0.3 is 15.6 Å². The van der Waals surface area contributed by atoms with E-state index in [9.17, 15) is 9.90 Å². The maximum Gasteiger partial charge on any atom is 0.0736 e. The van der Waals surface area contributed by atoms with Crippen molar-refractivity contribution in [3.8, 4) is 0 Å². The van der Waals surface area contributed by atoms with Crippen LogP contribution in [0.2, 0.25) is 0 Å². The lowest BCUT2D eigenvalue weighted by Crippen LogP contribution is -2.23. The Kier molecular flexibility index (Phi) is 2.33. The summed E-state index contributed by atoms with van der Waals surface area (Å²) in [6.45, 7) is 0. The number of carboxylic acid groups (broad SMARTS) is 1. The highest BCUT2D eigenvalue weighted by Crippen LogP contribution is 2.18. The first kappa shape index (κ1) is 8.32. The van der Waals surface area contributed by atoms with Crippen LogP contribution in [0.1, 0.15) is 10.4 Å². The molecule has 4 heteroatoms. The number of nitrogens with two attached hydrogens (primary N) is 1. The summed E-state index contributed by atoms with van der Waals surface area (Å²) in [7, 11) is 0. The molecule has 11 heavy (non-hydrogen) atoms. The van der Waals surface area contributed by atoms with Gasteiger partial charge in [0, 0.05) is 9.13 Å². The normalized spacial score (nSPS) is 9.55. The molecule has 3 nitrogen and oxygen atoms in total. The van der Waals surface area contributed by atoms with Crippen molar-refractivity contribution in [2.24, 2.45) is 0 Å². The number of rotatable bonds is 1. The summed E-state index contributed by atoms with van der Waals surface area (Å²) in [5.74, 6) is -1.24. The lowest BCUT2D eigenvalue weighted by atomic mass is 10.2. The first-order valence-corrected chi connectivity index (χ1v) is 3.96. The molecule has 0 spiro atoms. The molecule has 0 fully saturated rings.